The second kappa shape index (κ2) is 3.82. The monoisotopic (exact) mass is 231 g/mol. The van der Waals surface area contributed by atoms with Crippen LogP contribution in [0.1, 0.15) is 12.8 Å². The first-order chi connectivity index (χ1) is 6.65. The zero-order chi connectivity index (χ0) is 10.1. The highest BCUT2D eigenvalue weighted by Crippen LogP contribution is 2.24. The summed E-state index contributed by atoms with van der Waals surface area (Å²) in [4.78, 5) is 7.98. The van der Waals surface area contributed by atoms with Crippen LogP contribution < -0.4 is 5.32 Å². The predicted molar refractivity (Wildman–Crippen MR) is 56.0 cm³/mol. The molecule has 14 heavy (non-hydrogen) atoms. The molecule has 76 valence electrons. The van der Waals surface area contributed by atoms with Crippen LogP contribution in [-0.4, -0.2) is 26.5 Å². The Morgan fingerprint density at radius 2 is 2.29 bits per heavy atom. The molecular weight excluding hydrogens is 222 g/mol. The standard InChI is InChI=1S/C8H10ClN3OS/c1-14(13)8-11-6(9)4-7(12-8)10-5-2-3-5/h4-5H,2-3H2,1H3,(H,10,11,12)/t14-/m0/s1. The topological polar surface area (TPSA) is 54.9 Å². The molecule has 0 amide bonds. The molecular formula is C8H10ClN3OS. The highest BCUT2D eigenvalue weighted by atomic mass is 35.5. The molecule has 1 N–H and O–H groups in total. The van der Waals surface area contributed by atoms with Crippen molar-refractivity contribution >= 4 is 28.2 Å². The maximum Gasteiger partial charge on any atom is 0.221 e. The smallest absolute Gasteiger partial charge is 0.221 e. The van der Waals surface area contributed by atoms with Gasteiger partial charge in [-0.05, 0) is 12.8 Å². The first-order valence-electron chi connectivity index (χ1n) is 4.29. The lowest BCUT2D eigenvalue weighted by Crippen LogP contribution is -2.06. The second-order valence-corrected chi connectivity index (χ2v) is 4.89. The van der Waals surface area contributed by atoms with Crippen molar-refractivity contribution in [2.45, 2.75) is 24.0 Å². The molecule has 4 nitrogen and oxygen atoms in total. The van der Waals surface area contributed by atoms with E-state index in [9.17, 15) is 4.21 Å². The summed E-state index contributed by atoms with van der Waals surface area (Å²) in [5.74, 6) is 0.665. The molecule has 1 aliphatic rings. The fraction of sp³-hybridized carbons (Fsp3) is 0.500. The van der Waals surface area contributed by atoms with Crippen LogP contribution in [0.5, 0.6) is 0 Å². The minimum Gasteiger partial charge on any atom is -0.367 e. The molecule has 6 heteroatoms. The zero-order valence-corrected chi connectivity index (χ0v) is 9.23. The Kier molecular flexibility index (Phi) is 2.69. The molecule has 1 saturated carbocycles. The Labute approximate surface area is 89.6 Å². The van der Waals surface area contributed by atoms with Gasteiger partial charge in [-0.25, -0.2) is 9.97 Å². The molecule has 1 fully saturated rings. The maximum atomic E-state index is 11.2. The maximum absolute atomic E-state index is 11.2. The van der Waals surface area contributed by atoms with Crippen LogP contribution in [0.2, 0.25) is 5.15 Å². The van der Waals surface area contributed by atoms with Gasteiger partial charge in [-0.1, -0.05) is 11.6 Å². The molecule has 0 unspecified atom stereocenters. The Morgan fingerprint density at radius 1 is 1.57 bits per heavy atom. The van der Waals surface area contributed by atoms with E-state index in [1.165, 1.54) is 6.26 Å². The third-order valence-corrected chi connectivity index (χ3v) is 2.75. The molecule has 1 heterocycles. The van der Waals surface area contributed by atoms with Gasteiger partial charge in [-0.15, -0.1) is 0 Å². The van der Waals surface area contributed by atoms with Gasteiger partial charge in [0, 0.05) is 18.4 Å². The molecule has 0 saturated heterocycles. The van der Waals surface area contributed by atoms with E-state index in [0.29, 0.717) is 17.0 Å². The number of anilines is 1. The van der Waals surface area contributed by atoms with E-state index in [4.69, 9.17) is 11.6 Å². The average molecular weight is 232 g/mol. The van der Waals surface area contributed by atoms with Crippen molar-refractivity contribution in [3.63, 3.8) is 0 Å². The number of hydrogen-bond donors (Lipinski definition) is 1. The summed E-state index contributed by atoms with van der Waals surface area (Å²) in [6, 6.07) is 2.15. The molecule has 1 aromatic rings. The van der Waals surface area contributed by atoms with Crippen LogP contribution in [0.25, 0.3) is 0 Å². The van der Waals surface area contributed by atoms with Gasteiger partial charge in [0.05, 0.1) is 10.8 Å². The number of nitrogens with zero attached hydrogens (tertiary/aromatic N) is 2. The van der Waals surface area contributed by atoms with Gasteiger partial charge < -0.3 is 5.32 Å². The summed E-state index contributed by atoms with van der Waals surface area (Å²) in [5.41, 5.74) is 0. The lowest BCUT2D eigenvalue weighted by molar-refractivity contribution is 0.679. The number of aromatic nitrogens is 2. The Balaban J connectivity index is 2.25. The summed E-state index contributed by atoms with van der Waals surface area (Å²) in [5, 5.41) is 3.79. The Morgan fingerprint density at radius 3 is 2.86 bits per heavy atom. The summed E-state index contributed by atoms with van der Waals surface area (Å²) in [7, 11) is -1.19. The van der Waals surface area contributed by atoms with Gasteiger partial charge in [-0.3, -0.25) is 4.21 Å². The van der Waals surface area contributed by atoms with Gasteiger partial charge in [-0.2, -0.15) is 0 Å². The summed E-state index contributed by atoms with van der Waals surface area (Å²) >= 11 is 5.77. The van der Waals surface area contributed by atoms with Gasteiger partial charge >= 0.3 is 0 Å². The van der Waals surface area contributed by atoms with Crippen molar-refractivity contribution in [2.75, 3.05) is 11.6 Å². The van der Waals surface area contributed by atoms with Crippen LogP contribution >= 0.6 is 11.6 Å². The molecule has 2 rings (SSSR count). The van der Waals surface area contributed by atoms with E-state index in [-0.39, 0.29) is 5.16 Å². The van der Waals surface area contributed by atoms with E-state index < -0.39 is 10.8 Å². The molecule has 0 spiro atoms. The molecule has 1 atom stereocenters. The normalized spacial score (nSPS) is 17.9. The van der Waals surface area contributed by atoms with E-state index in [1.54, 1.807) is 6.07 Å². The van der Waals surface area contributed by atoms with Crippen molar-refractivity contribution in [2.24, 2.45) is 0 Å². The third kappa shape index (κ3) is 2.42. The van der Waals surface area contributed by atoms with Crippen molar-refractivity contribution < 1.29 is 4.21 Å². The molecule has 0 aliphatic heterocycles. The number of rotatable bonds is 3. The van der Waals surface area contributed by atoms with Gasteiger partial charge in [0.15, 0.2) is 0 Å². The lowest BCUT2D eigenvalue weighted by Gasteiger charge is -2.04. The van der Waals surface area contributed by atoms with Crippen LogP contribution in [0.15, 0.2) is 11.2 Å². The van der Waals surface area contributed by atoms with Crippen molar-refractivity contribution in [3.05, 3.63) is 11.2 Å². The Hall–Kier alpha value is -0.680. The zero-order valence-electron chi connectivity index (χ0n) is 7.66. The highest BCUT2D eigenvalue weighted by Gasteiger charge is 2.21. The molecule has 0 aromatic carbocycles. The van der Waals surface area contributed by atoms with Crippen molar-refractivity contribution in [1.82, 2.24) is 9.97 Å². The Bertz CT molecular complexity index is 381. The second-order valence-electron chi connectivity index (χ2n) is 3.23. The average Bonchev–Trinajstić information content (AvgIpc) is 2.87. The van der Waals surface area contributed by atoms with Crippen LogP contribution in [0.4, 0.5) is 5.82 Å². The first-order valence-corrected chi connectivity index (χ1v) is 6.23. The van der Waals surface area contributed by atoms with Crippen LogP contribution in [0.3, 0.4) is 0 Å². The third-order valence-electron chi connectivity index (χ3n) is 1.86. The van der Waals surface area contributed by atoms with E-state index in [0.717, 1.165) is 12.8 Å². The minimum atomic E-state index is -1.19. The van der Waals surface area contributed by atoms with Gasteiger partial charge in [0.2, 0.25) is 5.16 Å². The number of halogens is 1. The van der Waals surface area contributed by atoms with E-state index in [1.807, 2.05) is 0 Å². The van der Waals surface area contributed by atoms with Crippen LogP contribution in [-0.2, 0) is 10.8 Å². The van der Waals surface area contributed by atoms with Crippen LogP contribution in [0, 0.1) is 0 Å². The quantitative estimate of drug-likeness (QED) is 0.632. The largest absolute Gasteiger partial charge is 0.367 e. The van der Waals surface area contributed by atoms with Crippen molar-refractivity contribution in [3.8, 4) is 0 Å². The minimum absolute atomic E-state index is 0.278. The highest BCUT2D eigenvalue weighted by molar-refractivity contribution is 7.84. The van der Waals surface area contributed by atoms with E-state index >= 15 is 0 Å². The fourth-order valence-electron chi connectivity index (χ4n) is 1.04. The lowest BCUT2D eigenvalue weighted by atomic mass is 10.5. The number of nitrogens with one attached hydrogen (secondary N) is 1. The SMILES string of the molecule is C[S@](=O)c1nc(Cl)cc(NC2CC2)n1. The molecule has 0 radical (unpaired) electrons. The predicted octanol–water partition coefficient (Wildman–Crippen LogP) is 1.44. The first kappa shape index (κ1) is 9.86. The molecule has 0 bridgehead atoms. The van der Waals surface area contributed by atoms with Gasteiger partial charge in [0.25, 0.3) is 0 Å². The van der Waals surface area contributed by atoms with Crippen molar-refractivity contribution in [1.29, 1.82) is 0 Å². The fourth-order valence-corrected chi connectivity index (χ4v) is 1.72. The van der Waals surface area contributed by atoms with E-state index in [2.05, 4.69) is 15.3 Å². The summed E-state index contributed by atoms with van der Waals surface area (Å²) < 4.78 is 11.2. The number of hydrogen-bond acceptors (Lipinski definition) is 4. The summed E-state index contributed by atoms with van der Waals surface area (Å²) in [6.07, 6.45) is 3.85. The molecule has 1 aromatic heterocycles. The summed E-state index contributed by atoms with van der Waals surface area (Å²) in [6.45, 7) is 0. The van der Waals surface area contributed by atoms with Gasteiger partial charge in [0.1, 0.15) is 11.0 Å². The molecule has 1 aliphatic carbocycles.